The Morgan fingerprint density at radius 1 is 1.47 bits per heavy atom. The van der Waals surface area contributed by atoms with Crippen molar-refractivity contribution in [1.29, 1.82) is 0 Å². The van der Waals surface area contributed by atoms with E-state index in [1.165, 1.54) is 23.4 Å². The molecule has 0 spiro atoms. The molecule has 0 bridgehead atoms. The lowest BCUT2D eigenvalue weighted by Gasteiger charge is -2.08. The zero-order valence-electron chi connectivity index (χ0n) is 11.0. The fourth-order valence-corrected chi connectivity index (χ4v) is 3.08. The predicted octanol–water partition coefficient (Wildman–Crippen LogP) is 3.56. The van der Waals surface area contributed by atoms with E-state index in [0.29, 0.717) is 6.04 Å². The molecule has 1 unspecified atom stereocenters. The van der Waals surface area contributed by atoms with E-state index < -0.39 is 6.10 Å². The van der Waals surface area contributed by atoms with E-state index in [-0.39, 0.29) is 0 Å². The van der Waals surface area contributed by atoms with Crippen molar-refractivity contribution in [3.63, 3.8) is 0 Å². The first-order valence-corrected chi connectivity index (χ1v) is 7.64. The molecule has 1 saturated carbocycles. The van der Waals surface area contributed by atoms with Gasteiger partial charge in [0.2, 0.25) is 0 Å². The van der Waals surface area contributed by atoms with Crippen molar-refractivity contribution in [2.24, 2.45) is 0 Å². The van der Waals surface area contributed by atoms with Gasteiger partial charge in [0.05, 0.1) is 12.4 Å². The van der Waals surface area contributed by atoms with Crippen LogP contribution in [0.1, 0.15) is 43.2 Å². The largest absolute Gasteiger partial charge is 0.389 e. The Morgan fingerprint density at radius 3 is 3.05 bits per heavy atom. The second kappa shape index (κ2) is 5.39. The number of thioether (sulfide) groups is 1. The summed E-state index contributed by atoms with van der Waals surface area (Å²) < 4.78 is 2.30. The van der Waals surface area contributed by atoms with Crippen molar-refractivity contribution in [3.8, 4) is 0 Å². The van der Waals surface area contributed by atoms with Crippen molar-refractivity contribution >= 4 is 11.8 Å². The quantitative estimate of drug-likeness (QED) is 0.847. The molecule has 1 fully saturated rings. The first-order valence-electron chi connectivity index (χ1n) is 6.65. The van der Waals surface area contributed by atoms with Crippen LogP contribution in [0.3, 0.4) is 0 Å². The number of aromatic nitrogens is 2. The maximum Gasteiger partial charge on any atom is 0.0951 e. The van der Waals surface area contributed by atoms with Gasteiger partial charge < -0.3 is 9.67 Å². The van der Waals surface area contributed by atoms with E-state index in [2.05, 4.69) is 21.7 Å². The predicted molar refractivity (Wildman–Crippen MR) is 77.1 cm³/mol. The average molecular weight is 274 g/mol. The maximum absolute atomic E-state index is 9.60. The zero-order valence-corrected chi connectivity index (χ0v) is 11.8. The second-order valence-electron chi connectivity index (χ2n) is 5.06. The highest BCUT2D eigenvalue weighted by molar-refractivity contribution is 7.98. The zero-order chi connectivity index (χ0) is 13.2. The summed E-state index contributed by atoms with van der Waals surface area (Å²) in [6.07, 6.45) is 6.07. The number of benzene rings is 1. The molecule has 1 N–H and O–H groups in total. The van der Waals surface area contributed by atoms with Crippen molar-refractivity contribution < 1.29 is 5.11 Å². The topological polar surface area (TPSA) is 38.1 Å². The number of rotatable bonds is 5. The lowest BCUT2D eigenvalue weighted by Crippen LogP contribution is -1.97. The molecule has 0 saturated heterocycles. The lowest BCUT2D eigenvalue weighted by molar-refractivity contribution is 0.199. The first kappa shape index (κ1) is 12.8. The summed E-state index contributed by atoms with van der Waals surface area (Å²) in [6, 6.07) is 8.80. The molecule has 4 heteroatoms. The third kappa shape index (κ3) is 3.01. The van der Waals surface area contributed by atoms with Crippen molar-refractivity contribution in [2.75, 3.05) is 0 Å². The smallest absolute Gasteiger partial charge is 0.0951 e. The van der Waals surface area contributed by atoms with Crippen LogP contribution in [0, 0.1) is 0 Å². The third-order valence-electron chi connectivity index (χ3n) is 3.41. The van der Waals surface area contributed by atoms with Crippen LogP contribution < -0.4 is 0 Å². The van der Waals surface area contributed by atoms with Crippen LogP contribution in [-0.4, -0.2) is 14.7 Å². The Kier molecular flexibility index (Phi) is 3.62. The molecule has 0 amide bonds. The number of hydrogen-bond donors (Lipinski definition) is 1. The summed E-state index contributed by atoms with van der Waals surface area (Å²) in [5, 5.41) is 9.60. The van der Waals surface area contributed by atoms with Crippen LogP contribution in [0.15, 0.2) is 41.7 Å². The van der Waals surface area contributed by atoms with Crippen LogP contribution in [-0.2, 0) is 5.75 Å². The third-order valence-corrected chi connectivity index (χ3v) is 4.44. The van der Waals surface area contributed by atoms with Gasteiger partial charge in [-0.05, 0) is 37.5 Å². The van der Waals surface area contributed by atoms with Gasteiger partial charge in [0.15, 0.2) is 0 Å². The fourth-order valence-electron chi connectivity index (χ4n) is 2.15. The summed E-state index contributed by atoms with van der Waals surface area (Å²) in [5.74, 6) is 0.930. The van der Waals surface area contributed by atoms with Gasteiger partial charge in [-0.25, -0.2) is 4.98 Å². The fraction of sp³-hybridized carbons (Fsp3) is 0.400. The van der Waals surface area contributed by atoms with Crippen LogP contribution in [0.5, 0.6) is 0 Å². The molecular formula is C15H18N2OS. The van der Waals surface area contributed by atoms with Crippen molar-refractivity contribution in [3.05, 3.63) is 48.0 Å². The Hall–Kier alpha value is -1.26. The summed E-state index contributed by atoms with van der Waals surface area (Å²) in [6.45, 7) is 1.80. The van der Waals surface area contributed by atoms with Crippen LogP contribution >= 0.6 is 11.8 Å². The van der Waals surface area contributed by atoms with Crippen LogP contribution in [0.4, 0.5) is 0 Å². The Labute approximate surface area is 117 Å². The van der Waals surface area contributed by atoms with Gasteiger partial charge in [-0.2, -0.15) is 0 Å². The minimum Gasteiger partial charge on any atom is -0.389 e. The number of hydrogen-bond acceptors (Lipinski definition) is 3. The summed E-state index contributed by atoms with van der Waals surface area (Å²) >= 11 is 1.80. The van der Waals surface area contributed by atoms with Gasteiger partial charge in [0, 0.05) is 28.6 Å². The van der Waals surface area contributed by atoms with Crippen LogP contribution in [0.25, 0.3) is 0 Å². The van der Waals surface area contributed by atoms with Gasteiger partial charge in [0.1, 0.15) is 0 Å². The van der Waals surface area contributed by atoms with E-state index in [4.69, 9.17) is 0 Å². The highest BCUT2D eigenvalue weighted by Crippen LogP contribution is 2.37. The van der Waals surface area contributed by atoms with Gasteiger partial charge in [-0.1, -0.05) is 12.1 Å². The second-order valence-corrected chi connectivity index (χ2v) is 6.11. The van der Waals surface area contributed by atoms with E-state index in [1.807, 2.05) is 24.7 Å². The molecule has 0 radical (unpaired) electrons. The molecule has 2 aromatic rings. The molecule has 1 aromatic heterocycles. The van der Waals surface area contributed by atoms with Gasteiger partial charge in [0.25, 0.3) is 0 Å². The van der Waals surface area contributed by atoms with Gasteiger partial charge >= 0.3 is 0 Å². The van der Waals surface area contributed by atoms with E-state index >= 15 is 0 Å². The summed E-state index contributed by atoms with van der Waals surface area (Å²) in [5.41, 5.74) is 2.26. The SMILES string of the molecule is CC(O)c1cccc(SCc2cncn2C2CC2)c1. The normalized spacial score (nSPS) is 16.5. The van der Waals surface area contributed by atoms with Gasteiger partial charge in [-0.3, -0.25) is 0 Å². The molecule has 19 heavy (non-hydrogen) atoms. The Bertz CT molecular complexity index is 561. The minimum absolute atomic E-state index is 0.405. The molecular weight excluding hydrogens is 256 g/mol. The first-order chi connectivity index (χ1) is 9.24. The van der Waals surface area contributed by atoms with Gasteiger partial charge in [-0.15, -0.1) is 11.8 Å². The molecule has 1 aliphatic rings. The molecule has 0 aliphatic heterocycles. The molecule has 1 heterocycles. The maximum atomic E-state index is 9.60. The number of aliphatic hydroxyl groups is 1. The standard InChI is InChI=1S/C15H18N2OS/c1-11(18)12-3-2-4-15(7-12)19-9-14-8-16-10-17(14)13-5-6-13/h2-4,7-8,10-11,13,18H,5-6,9H2,1H3. The number of imidazole rings is 1. The minimum atomic E-state index is -0.405. The van der Waals surface area contributed by atoms with Crippen molar-refractivity contribution in [2.45, 2.75) is 42.6 Å². The highest BCUT2D eigenvalue weighted by Gasteiger charge is 2.25. The van der Waals surface area contributed by atoms with Crippen LogP contribution in [0.2, 0.25) is 0 Å². The molecule has 3 nitrogen and oxygen atoms in total. The highest BCUT2D eigenvalue weighted by atomic mass is 32.2. The lowest BCUT2D eigenvalue weighted by atomic mass is 10.1. The molecule has 1 atom stereocenters. The molecule has 1 aliphatic carbocycles. The molecule has 3 rings (SSSR count). The summed E-state index contributed by atoms with van der Waals surface area (Å²) in [7, 11) is 0. The number of nitrogens with zero attached hydrogens (tertiary/aromatic N) is 2. The Balaban J connectivity index is 1.68. The van der Waals surface area contributed by atoms with E-state index in [9.17, 15) is 5.11 Å². The number of aliphatic hydroxyl groups excluding tert-OH is 1. The monoisotopic (exact) mass is 274 g/mol. The average Bonchev–Trinajstić information content (AvgIpc) is 3.16. The molecule has 100 valence electrons. The molecule has 1 aromatic carbocycles. The summed E-state index contributed by atoms with van der Waals surface area (Å²) in [4.78, 5) is 5.45. The van der Waals surface area contributed by atoms with E-state index in [0.717, 1.165) is 11.3 Å². The Morgan fingerprint density at radius 2 is 2.32 bits per heavy atom. The van der Waals surface area contributed by atoms with E-state index in [1.54, 1.807) is 18.7 Å². The van der Waals surface area contributed by atoms with Crippen molar-refractivity contribution in [1.82, 2.24) is 9.55 Å².